The Kier molecular flexibility index (Phi) is 4.32. The Morgan fingerprint density at radius 2 is 1.85 bits per heavy atom. The van der Waals surface area contributed by atoms with Gasteiger partial charge in [0.15, 0.2) is 0 Å². The third kappa shape index (κ3) is 3.13. The van der Waals surface area contributed by atoms with Crippen LogP contribution in [0.4, 0.5) is 5.69 Å². The summed E-state index contributed by atoms with van der Waals surface area (Å²) in [5.74, 6) is 0.218. The van der Waals surface area contributed by atoms with Crippen LogP contribution in [0.1, 0.15) is 24.1 Å². The summed E-state index contributed by atoms with van der Waals surface area (Å²) in [6.45, 7) is 2.27. The average molecular weight is 272 g/mol. The molecule has 0 heterocycles. The lowest BCUT2D eigenvalue weighted by Gasteiger charge is -2.15. The van der Waals surface area contributed by atoms with E-state index in [1.165, 1.54) is 6.07 Å². The van der Waals surface area contributed by atoms with Gasteiger partial charge < -0.3 is 10.4 Å². The van der Waals surface area contributed by atoms with Crippen LogP contribution >= 0.6 is 0 Å². The summed E-state index contributed by atoms with van der Waals surface area (Å²) in [4.78, 5) is 10.5. The van der Waals surface area contributed by atoms with Crippen LogP contribution in [-0.2, 0) is 6.54 Å². The minimum atomic E-state index is -0.387. The Bertz CT molecular complexity index is 614. The molecule has 0 aliphatic rings. The molecule has 2 N–H and O–H groups in total. The first-order chi connectivity index (χ1) is 9.59. The van der Waals surface area contributed by atoms with E-state index in [1.807, 2.05) is 19.1 Å². The molecule has 0 amide bonds. The summed E-state index contributed by atoms with van der Waals surface area (Å²) in [5.41, 5.74) is 1.50. The fraction of sp³-hybridized carbons (Fsp3) is 0.200. The number of nitrogens with one attached hydrogen (secondary N) is 1. The highest BCUT2D eigenvalue weighted by atomic mass is 16.6. The summed E-state index contributed by atoms with van der Waals surface area (Å²) >= 11 is 0. The molecule has 0 radical (unpaired) electrons. The fourth-order valence-corrected chi connectivity index (χ4v) is 2.07. The number of para-hydroxylation sites is 2. The summed E-state index contributed by atoms with van der Waals surface area (Å²) in [6.07, 6.45) is 0. The SMILES string of the molecule is CC(NCc1ccccc1[N+](=O)[O-])c1ccccc1O. The van der Waals surface area contributed by atoms with Crippen LogP contribution in [0.3, 0.4) is 0 Å². The van der Waals surface area contributed by atoms with Crippen LogP contribution in [0.2, 0.25) is 0 Å². The van der Waals surface area contributed by atoms with Crippen molar-refractivity contribution >= 4 is 5.69 Å². The minimum absolute atomic E-state index is 0.101. The topological polar surface area (TPSA) is 75.4 Å². The van der Waals surface area contributed by atoms with Crippen molar-refractivity contribution in [3.05, 3.63) is 69.8 Å². The summed E-state index contributed by atoms with van der Waals surface area (Å²) in [5, 5.41) is 23.9. The number of aromatic hydroxyl groups is 1. The number of hydrogen-bond donors (Lipinski definition) is 2. The molecule has 104 valence electrons. The molecular formula is C15H16N2O3. The van der Waals surface area contributed by atoms with E-state index in [-0.39, 0.29) is 22.4 Å². The van der Waals surface area contributed by atoms with Crippen LogP contribution in [-0.4, -0.2) is 10.0 Å². The summed E-state index contributed by atoms with van der Waals surface area (Å²) in [6, 6.07) is 13.6. The first-order valence-corrected chi connectivity index (χ1v) is 6.33. The average Bonchev–Trinajstić information content (AvgIpc) is 2.45. The van der Waals surface area contributed by atoms with Crippen LogP contribution in [0.5, 0.6) is 5.75 Å². The molecule has 0 aliphatic heterocycles. The second kappa shape index (κ2) is 6.16. The number of nitrogens with zero attached hydrogens (tertiary/aromatic N) is 1. The molecule has 0 saturated carbocycles. The third-order valence-electron chi connectivity index (χ3n) is 3.19. The van der Waals surface area contributed by atoms with Gasteiger partial charge in [0.2, 0.25) is 0 Å². The van der Waals surface area contributed by atoms with Gasteiger partial charge in [-0.2, -0.15) is 0 Å². The standard InChI is InChI=1S/C15H16N2O3/c1-11(13-7-3-5-9-15(13)18)16-10-12-6-2-4-8-14(12)17(19)20/h2-9,11,16,18H,10H2,1H3. The van der Waals surface area contributed by atoms with E-state index in [2.05, 4.69) is 5.32 Å². The molecular weight excluding hydrogens is 256 g/mol. The first kappa shape index (κ1) is 14.0. The van der Waals surface area contributed by atoms with Crippen LogP contribution in [0, 0.1) is 10.1 Å². The molecule has 0 saturated heterocycles. The Hall–Kier alpha value is -2.40. The quantitative estimate of drug-likeness (QED) is 0.647. The van der Waals surface area contributed by atoms with Crippen molar-refractivity contribution in [3.8, 4) is 5.75 Å². The molecule has 20 heavy (non-hydrogen) atoms. The predicted octanol–water partition coefficient (Wildman–Crippen LogP) is 3.15. The normalized spacial score (nSPS) is 12.1. The van der Waals surface area contributed by atoms with Crippen molar-refractivity contribution in [1.29, 1.82) is 0 Å². The molecule has 0 fully saturated rings. The Balaban J connectivity index is 2.10. The van der Waals surface area contributed by atoms with Crippen LogP contribution < -0.4 is 5.32 Å². The molecule has 0 bridgehead atoms. The van der Waals surface area contributed by atoms with E-state index in [1.54, 1.807) is 30.3 Å². The minimum Gasteiger partial charge on any atom is -0.508 e. The Labute approximate surface area is 117 Å². The fourth-order valence-electron chi connectivity index (χ4n) is 2.07. The summed E-state index contributed by atoms with van der Waals surface area (Å²) < 4.78 is 0. The van der Waals surface area contributed by atoms with Gasteiger partial charge in [-0.3, -0.25) is 10.1 Å². The van der Waals surface area contributed by atoms with E-state index in [0.29, 0.717) is 12.1 Å². The van der Waals surface area contributed by atoms with Gasteiger partial charge in [0.05, 0.1) is 4.92 Å². The lowest BCUT2D eigenvalue weighted by molar-refractivity contribution is -0.385. The van der Waals surface area contributed by atoms with Gasteiger partial charge in [-0.15, -0.1) is 0 Å². The van der Waals surface area contributed by atoms with Gasteiger partial charge in [0.25, 0.3) is 5.69 Å². The molecule has 5 nitrogen and oxygen atoms in total. The van der Waals surface area contributed by atoms with Crippen molar-refractivity contribution in [1.82, 2.24) is 5.32 Å². The lowest BCUT2D eigenvalue weighted by atomic mass is 10.1. The number of nitro benzene ring substituents is 1. The highest BCUT2D eigenvalue weighted by Gasteiger charge is 2.14. The molecule has 0 spiro atoms. The molecule has 0 aromatic heterocycles. The third-order valence-corrected chi connectivity index (χ3v) is 3.19. The number of hydrogen-bond acceptors (Lipinski definition) is 4. The largest absolute Gasteiger partial charge is 0.508 e. The maximum Gasteiger partial charge on any atom is 0.273 e. The predicted molar refractivity (Wildman–Crippen MR) is 76.5 cm³/mol. The maximum atomic E-state index is 10.9. The van der Waals surface area contributed by atoms with Gasteiger partial charge in [-0.05, 0) is 13.0 Å². The second-order valence-electron chi connectivity index (χ2n) is 4.55. The molecule has 2 aromatic carbocycles. The maximum absolute atomic E-state index is 10.9. The van der Waals surface area contributed by atoms with E-state index < -0.39 is 0 Å². The number of benzene rings is 2. The van der Waals surface area contributed by atoms with E-state index >= 15 is 0 Å². The van der Waals surface area contributed by atoms with E-state index in [4.69, 9.17) is 0 Å². The zero-order valence-corrected chi connectivity index (χ0v) is 11.1. The van der Waals surface area contributed by atoms with Crippen LogP contribution in [0.25, 0.3) is 0 Å². The molecule has 0 aliphatic carbocycles. The highest BCUT2D eigenvalue weighted by molar-refractivity contribution is 5.40. The first-order valence-electron chi connectivity index (χ1n) is 6.33. The number of phenolic OH excluding ortho intramolecular Hbond substituents is 1. The zero-order chi connectivity index (χ0) is 14.5. The van der Waals surface area contributed by atoms with Gasteiger partial charge in [-0.25, -0.2) is 0 Å². The molecule has 2 rings (SSSR count). The van der Waals surface area contributed by atoms with Crippen LogP contribution in [0.15, 0.2) is 48.5 Å². The van der Waals surface area contributed by atoms with Gasteiger partial charge >= 0.3 is 0 Å². The number of nitro groups is 1. The van der Waals surface area contributed by atoms with Crippen molar-refractivity contribution in [3.63, 3.8) is 0 Å². The van der Waals surface area contributed by atoms with E-state index in [9.17, 15) is 15.2 Å². The van der Waals surface area contributed by atoms with Gasteiger partial charge in [0.1, 0.15) is 5.75 Å². The summed E-state index contributed by atoms with van der Waals surface area (Å²) in [7, 11) is 0. The number of phenols is 1. The second-order valence-corrected chi connectivity index (χ2v) is 4.55. The number of rotatable bonds is 5. The smallest absolute Gasteiger partial charge is 0.273 e. The van der Waals surface area contributed by atoms with Crippen molar-refractivity contribution in [2.45, 2.75) is 19.5 Å². The monoisotopic (exact) mass is 272 g/mol. The zero-order valence-electron chi connectivity index (χ0n) is 11.1. The Morgan fingerprint density at radius 3 is 2.55 bits per heavy atom. The van der Waals surface area contributed by atoms with Gasteiger partial charge in [0, 0.05) is 29.8 Å². The molecule has 1 atom stereocenters. The molecule has 5 heteroatoms. The van der Waals surface area contributed by atoms with E-state index in [0.717, 1.165) is 5.56 Å². The molecule has 2 aromatic rings. The van der Waals surface area contributed by atoms with Crippen molar-refractivity contribution in [2.24, 2.45) is 0 Å². The van der Waals surface area contributed by atoms with Crippen molar-refractivity contribution < 1.29 is 10.0 Å². The van der Waals surface area contributed by atoms with Gasteiger partial charge in [-0.1, -0.05) is 36.4 Å². The Morgan fingerprint density at radius 1 is 1.20 bits per heavy atom. The molecule has 1 unspecified atom stereocenters. The van der Waals surface area contributed by atoms with Crippen molar-refractivity contribution in [2.75, 3.05) is 0 Å². The highest BCUT2D eigenvalue weighted by Crippen LogP contribution is 2.24. The lowest BCUT2D eigenvalue weighted by Crippen LogP contribution is -2.18.